The topological polar surface area (TPSA) is 109 Å². The summed E-state index contributed by atoms with van der Waals surface area (Å²) in [6.45, 7) is 2.39. The van der Waals surface area contributed by atoms with Crippen LogP contribution >= 0.6 is 11.6 Å². The molecule has 4 rings (SSSR count). The third kappa shape index (κ3) is 6.63. The molecule has 1 heterocycles. The molecule has 1 aliphatic rings. The normalized spacial score (nSPS) is 23.8. The van der Waals surface area contributed by atoms with Crippen molar-refractivity contribution < 1.29 is 29.6 Å². The van der Waals surface area contributed by atoms with Gasteiger partial charge in [-0.25, -0.2) is 0 Å². The fourth-order valence-electron chi connectivity index (χ4n) is 4.26. The number of halogens is 1. The van der Waals surface area contributed by atoms with Crippen LogP contribution in [-0.2, 0) is 11.2 Å². The van der Waals surface area contributed by atoms with Crippen molar-refractivity contribution in [2.24, 2.45) is 4.99 Å². The quantitative estimate of drug-likeness (QED) is 0.291. The Bertz CT molecular complexity index is 1220. The van der Waals surface area contributed by atoms with Crippen LogP contribution in [0.25, 0.3) is 0 Å². The maximum absolute atomic E-state index is 12.3. The number of aliphatic imine (C=N–C) groups is 1. The number of hydrogen-bond donors (Lipinski definition) is 3. The molecule has 1 aliphatic heterocycles. The van der Waals surface area contributed by atoms with Crippen molar-refractivity contribution in [1.82, 2.24) is 0 Å². The number of aliphatic hydroxyl groups is 3. The van der Waals surface area contributed by atoms with Gasteiger partial charge in [-0.3, -0.25) is 9.79 Å². The molecule has 0 aromatic heterocycles. The van der Waals surface area contributed by atoms with Crippen molar-refractivity contribution in [3.63, 3.8) is 0 Å². The lowest BCUT2D eigenvalue weighted by Gasteiger charge is -2.39. The third-order valence-corrected chi connectivity index (χ3v) is 6.63. The van der Waals surface area contributed by atoms with Gasteiger partial charge in [0.1, 0.15) is 42.8 Å². The van der Waals surface area contributed by atoms with Crippen LogP contribution in [0, 0.1) is 0 Å². The maximum Gasteiger partial charge on any atom is 0.184 e. The molecule has 0 bridgehead atoms. The van der Waals surface area contributed by atoms with Gasteiger partial charge >= 0.3 is 0 Å². The third-order valence-electron chi connectivity index (χ3n) is 6.26. The van der Waals surface area contributed by atoms with Gasteiger partial charge < -0.3 is 24.8 Å². The van der Waals surface area contributed by atoms with E-state index in [9.17, 15) is 20.1 Å². The van der Waals surface area contributed by atoms with Crippen LogP contribution in [0.1, 0.15) is 40.1 Å². The van der Waals surface area contributed by atoms with Crippen LogP contribution in [0.2, 0.25) is 5.02 Å². The summed E-state index contributed by atoms with van der Waals surface area (Å²) in [4.78, 5) is 16.4. The fourth-order valence-corrected chi connectivity index (χ4v) is 4.44. The SMILES string of the molecule is CCOc1ccc(Cc2cc([C@@H]3O[C@H](C=NCC(=O)c4ccccc4)[C@@H](O)[C@H](O)[C@H]3O)ccc2Cl)cc1. The molecule has 0 aliphatic carbocycles. The summed E-state index contributed by atoms with van der Waals surface area (Å²) in [5, 5.41) is 32.2. The summed E-state index contributed by atoms with van der Waals surface area (Å²) in [6, 6.07) is 21.7. The number of ketones is 1. The average molecular weight is 524 g/mol. The van der Waals surface area contributed by atoms with E-state index in [2.05, 4.69) is 4.99 Å². The number of ether oxygens (including phenoxy) is 2. The Hall–Kier alpha value is -3.07. The van der Waals surface area contributed by atoms with E-state index >= 15 is 0 Å². The van der Waals surface area contributed by atoms with Crippen molar-refractivity contribution in [2.75, 3.05) is 13.2 Å². The first-order valence-corrected chi connectivity index (χ1v) is 12.5. The first kappa shape index (κ1) is 27.0. The summed E-state index contributed by atoms with van der Waals surface area (Å²) in [6.07, 6.45) is -4.34. The number of rotatable bonds is 9. The summed E-state index contributed by atoms with van der Waals surface area (Å²) in [7, 11) is 0. The van der Waals surface area contributed by atoms with E-state index < -0.39 is 30.5 Å². The van der Waals surface area contributed by atoms with Crippen LogP contribution in [0.4, 0.5) is 0 Å². The van der Waals surface area contributed by atoms with Crippen molar-refractivity contribution in [1.29, 1.82) is 0 Å². The standard InChI is InChI=1S/C29H30ClNO6/c1-2-36-22-11-8-18(9-12-22)14-21-15-20(10-13-23(21)30)29-28(35)27(34)26(33)25(37-29)17-31-16-24(32)19-6-4-3-5-7-19/h3-13,15,17,25-29,33-35H,2,14,16H2,1H3/t25-,26-,27+,28-,29+/m1/s1. The minimum Gasteiger partial charge on any atom is -0.494 e. The molecule has 1 saturated heterocycles. The van der Waals surface area contributed by atoms with Crippen LogP contribution in [0.5, 0.6) is 5.75 Å². The largest absolute Gasteiger partial charge is 0.494 e. The highest BCUT2D eigenvalue weighted by Gasteiger charge is 2.43. The van der Waals surface area contributed by atoms with E-state index in [1.165, 1.54) is 6.21 Å². The Morgan fingerprint density at radius 3 is 2.43 bits per heavy atom. The monoisotopic (exact) mass is 523 g/mol. The lowest BCUT2D eigenvalue weighted by atomic mass is 9.90. The van der Waals surface area contributed by atoms with Gasteiger partial charge in [0.25, 0.3) is 0 Å². The van der Waals surface area contributed by atoms with Crippen molar-refractivity contribution in [3.8, 4) is 5.75 Å². The molecule has 3 aromatic carbocycles. The number of Topliss-reactive ketones (excluding diaryl/α,β-unsaturated/α-hetero) is 1. The Kier molecular flexibility index (Phi) is 9.08. The number of carbonyl (C=O) groups excluding carboxylic acids is 1. The minimum atomic E-state index is -1.47. The second-order valence-electron chi connectivity index (χ2n) is 8.88. The van der Waals surface area contributed by atoms with E-state index in [0.717, 1.165) is 16.9 Å². The van der Waals surface area contributed by atoms with Crippen LogP contribution in [-0.4, -0.2) is 64.9 Å². The Morgan fingerprint density at radius 1 is 1.00 bits per heavy atom. The molecular weight excluding hydrogens is 494 g/mol. The molecule has 3 aromatic rings. The lowest BCUT2D eigenvalue weighted by Crippen LogP contribution is -2.54. The van der Waals surface area contributed by atoms with Gasteiger partial charge in [-0.05, 0) is 48.2 Å². The van der Waals surface area contributed by atoms with Crippen molar-refractivity contribution in [2.45, 2.75) is 43.9 Å². The Morgan fingerprint density at radius 2 is 1.73 bits per heavy atom. The average Bonchev–Trinajstić information content (AvgIpc) is 2.91. The molecule has 3 N–H and O–H groups in total. The Labute approximate surface area is 221 Å². The van der Waals surface area contributed by atoms with Gasteiger partial charge in [-0.1, -0.05) is 66.2 Å². The van der Waals surface area contributed by atoms with E-state index in [-0.39, 0.29) is 12.3 Å². The zero-order valence-corrected chi connectivity index (χ0v) is 21.2. The minimum absolute atomic E-state index is 0.132. The summed E-state index contributed by atoms with van der Waals surface area (Å²) in [5.74, 6) is 0.603. The first-order chi connectivity index (χ1) is 17.9. The maximum atomic E-state index is 12.3. The molecule has 0 saturated carbocycles. The van der Waals surface area contributed by atoms with Gasteiger partial charge in [0.15, 0.2) is 5.78 Å². The summed E-state index contributed by atoms with van der Waals surface area (Å²) in [5.41, 5.74) is 2.97. The van der Waals surface area contributed by atoms with E-state index in [1.54, 1.807) is 36.4 Å². The summed E-state index contributed by atoms with van der Waals surface area (Å²) < 4.78 is 11.5. The van der Waals surface area contributed by atoms with Crippen molar-refractivity contribution >= 4 is 23.6 Å². The van der Waals surface area contributed by atoms with Gasteiger partial charge in [0, 0.05) is 16.8 Å². The molecule has 0 unspecified atom stereocenters. The van der Waals surface area contributed by atoms with Crippen molar-refractivity contribution in [3.05, 3.63) is 100 Å². The highest BCUT2D eigenvalue weighted by molar-refractivity contribution is 6.31. The molecule has 0 spiro atoms. The highest BCUT2D eigenvalue weighted by atomic mass is 35.5. The number of nitrogens with zero attached hydrogens (tertiary/aromatic N) is 1. The van der Waals surface area contributed by atoms with E-state index in [1.807, 2.05) is 43.3 Å². The van der Waals surface area contributed by atoms with Gasteiger partial charge in [0.05, 0.1) is 6.61 Å². The molecule has 1 fully saturated rings. The first-order valence-electron chi connectivity index (χ1n) is 12.1. The van der Waals surface area contributed by atoms with Crippen LogP contribution < -0.4 is 4.74 Å². The van der Waals surface area contributed by atoms with Gasteiger partial charge in [-0.2, -0.15) is 0 Å². The van der Waals surface area contributed by atoms with Gasteiger partial charge in [0.2, 0.25) is 0 Å². The predicted molar refractivity (Wildman–Crippen MR) is 142 cm³/mol. The zero-order valence-electron chi connectivity index (χ0n) is 20.4. The van der Waals surface area contributed by atoms with Gasteiger partial charge in [-0.15, -0.1) is 0 Å². The number of hydrogen-bond acceptors (Lipinski definition) is 7. The lowest BCUT2D eigenvalue weighted by molar-refractivity contribution is -0.205. The number of aliphatic hydroxyl groups excluding tert-OH is 3. The molecule has 37 heavy (non-hydrogen) atoms. The molecule has 5 atom stereocenters. The molecule has 194 valence electrons. The summed E-state index contributed by atoms with van der Waals surface area (Å²) >= 11 is 6.46. The molecule has 0 radical (unpaired) electrons. The molecule has 8 heteroatoms. The number of benzene rings is 3. The highest BCUT2D eigenvalue weighted by Crippen LogP contribution is 2.34. The number of carbonyl (C=O) groups is 1. The van der Waals surface area contributed by atoms with Crippen LogP contribution in [0.3, 0.4) is 0 Å². The molecule has 7 nitrogen and oxygen atoms in total. The van der Waals surface area contributed by atoms with E-state index in [4.69, 9.17) is 21.1 Å². The predicted octanol–water partition coefficient (Wildman–Crippen LogP) is 3.81. The van der Waals surface area contributed by atoms with E-state index in [0.29, 0.717) is 29.2 Å². The fraction of sp³-hybridized carbons (Fsp3) is 0.310. The zero-order chi connectivity index (χ0) is 26.4. The molecular formula is C29H30ClNO6. The second-order valence-corrected chi connectivity index (χ2v) is 9.28. The second kappa shape index (κ2) is 12.4. The Balaban J connectivity index is 1.49. The smallest absolute Gasteiger partial charge is 0.184 e. The van der Waals surface area contributed by atoms with Crippen LogP contribution in [0.15, 0.2) is 77.8 Å². The molecule has 0 amide bonds.